The molecule has 0 unspecified atom stereocenters. The van der Waals surface area contributed by atoms with Gasteiger partial charge in [-0.05, 0) is 22.8 Å². The van der Waals surface area contributed by atoms with Gasteiger partial charge in [0, 0.05) is 39.3 Å². The van der Waals surface area contributed by atoms with Crippen molar-refractivity contribution in [2.75, 3.05) is 32.7 Å². The van der Waals surface area contributed by atoms with Crippen molar-refractivity contribution in [2.45, 2.75) is 40.3 Å². The van der Waals surface area contributed by atoms with Gasteiger partial charge in [-0.15, -0.1) is 5.10 Å². The number of aryl methyl sites for hydroxylation is 1. The summed E-state index contributed by atoms with van der Waals surface area (Å²) in [5.41, 5.74) is 0. The van der Waals surface area contributed by atoms with Crippen LogP contribution in [0.25, 0.3) is 0 Å². The third kappa shape index (κ3) is 4.24. The molecular weight excluding hydrogens is 240 g/mol. The van der Waals surface area contributed by atoms with Crippen molar-refractivity contribution >= 4 is 0 Å². The Hall–Kier alpha value is -1.01. The maximum atomic E-state index is 4.14. The lowest BCUT2D eigenvalue weighted by Gasteiger charge is -2.35. The number of hydrogen-bond donors (Lipinski definition) is 0. The second-order valence-electron chi connectivity index (χ2n) is 5.79. The fraction of sp³-hybridized carbons (Fsp3) is 0.923. The van der Waals surface area contributed by atoms with E-state index in [1.807, 2.05) is 4.68 Å². The standard InChI is InChI=1S/C13H26N6/c1-4-5-19-13(14-15-16-19)11-18-8-6-17(7-9-18)10-12(2)3/h12H,4-11H2,1-3H3. The number of rotatable bonds is 6. The van der Waals surface area contributed by atoms with E-state index >= 15 is 0 Å². The van der Waals surface area contributed by atoms with E-state index in [0.717, 1.165) is 57.4 Å². The molecule has 0 radical (unpaired) electrons. The van der Waals surface area contributed by atoms with Gasteiger partial charge in [-0.2, -0.15) is 0 Å². The molecule has 0 bridgehead atoms. The summed E-state index contributed by atoms with van der Waals surface area (Å²) >= 11 is 0. The fourth-order valence-electron chi connectivity index (χ4n) is 2.57. The maximum absolute atomic E-state index is 4.14. The molecule has 1 aromatic rings. The van der Waals surface area contributed by atoms with E-state index in [2.05, 4.69) is 46.1 Å². The molecule has 1 saturated heterocycles. The second kappa shape index (κ2) is 6.96. The molecule has 1 fully saturated rings. The molecular formula is C13H26N6. The highest BCUT2D eigenvalue weighted by atomic mass is 15.5. The Kier molecular flexibility index (Phi) is 5.27. The van der Waals surface area contributed by atoms with E-state index in [1.54, 1.807) is 0 Å². The monoisotopic (exact) mass is 266 g/mol. The van der Waals surface area contributed by atoms with Crippen LogP contribution < -0.4 is 0 Å². The van der Waals surface area contributed by atoms with E-state index in [-0.39, 0.29) is 0 Å². The van der Waals surface area contributed by atoms with Crippen LogP contribution in [0.5, 0.6) is 0 Å². The van der Waals surface area contributed by atoms with E-state index in [0.29, 0.717) is 0 Å². The van der Waals surface area contributed by atoms with Gasteiger partial charge in [0.25, 0.3) is 0 Å². The Morgan fingerprint density at radius 3 is 2.42 bits per heavy atom. The quantitative estimate of drug-likeness (QED) is 0.764. The van der Waals surface area contributed by atoms with Gasteiger partial charge in [0.2, 0.25) is 0 Å². The third-order valence-corrected chi connectivity index (χ3v) is 3.49. The van der Waals surface area contributed by atoms with Crippen molar-refractivity contribution in [3.8, 4) is 0 Å². The summed E-state index contributed by atoms with van der Waals surface area (Å²) in [5.74, 6) is 1.75. The zero-order valence-corrected chi connectivity index (χ0v) is 12.4. The molecule has 0 spiro atoms. The summed E-state index contributed by atoms with van der Waals surface area (Å²) in [7, 11) is 0. The smallest absolute Gasteiger partial charge is 0.165 e. The molecule has 0 amide bonds. The summed E-state index contributed by atoms with van der Waals surface area (Å²) in [4.78, 5) is 5.00. The first-order valence-corrected chi connectivity index (χ1v) is 7.38. The van der Waals surface area contributed by atoms with Gasteiger partial charge < -0.3 is 4.90 Å². The lowest BCUT2D eigenvalue weighted by molar-refractivity contribution is 0.114. The van der Waals surface area contributed by atoms with Gasteiger partial charge >= 0.3 is 0 Å². The summed E-state index contributed by atoms with van der Waals surface area (Å²) < 4.78 is 1.93. The summed E-state index contributed by atoms with van der Waals surface area (Å²) in [6.45, 7) is 14.3. The molecule has 0 aliphatic carbocycles. The molecule has 108 valence electrons. The first kappa shape index (κ1) is 14.4. The normalized spacial score (nSPS) is 18.3. The van der Waals surface area contributed by atoms with E-state index in [4.69, 9.17) is 0 Å². The number of nitrogens with zero attached hydrogens (tertiary/aromatic N) is 6. The molecule has 0 N–H and O–H groups in total. The number of tetrazole rings is 1. The van der Waals surface area contributed by atoms with Crippen LogP contribution in [0.1, 0.15) is 33.0 Å². The summed E-state index contributed by atoms with van der Waals surface area (Å²) in [6.07, 6.45) is 1.07. The predicted octanol–water partition coefficient (Wildman–Crippen LogP) is 0.857. The highest BCUT2D eigenvalue weighted by molar-refractivity contribution is 4.83. The summed E-state index contributed by atoms with van der Waals surface area (Å²) in [6, 6.07) is 0. The molecule has 0 atom stereocenters. The van der Waals surface area contributed by atoms with Crippen molar-refractivity contribution in [3.05, 3.63) is 5.82 Å². The topological polar surface area (TPSA) is 50.1 Å². The Morgan fingerprint density at radius 2 is 1.79 bits per heavy atom. The average molecular weight is 266 g/mol. The lowest BCUT2D eigenvalue weighted by atomic mass is 10.2. The molecule has 1 aromatic heterocycles. The summed E-state index contributed by atoms with van der Waals surface area (Å²) in [5, 5.41) is 12.0. The molecule has 1 aliphatic rings. The zero-order valence-electron chi connectivity index (χ0n) is 12.4. The van der Waals surface area contributed by atoms with Crippen molar-refractivity contribution < 1.29 is 0 Å². The molecule has 6 nitrogen and oxygen atoms in total. The van der Waals surface area contributed by atoms with Gasteiger partial charge in [0.05, 0.1) is 6.54 Å². The third-order valence-electron chi connectivity index (χ3n) is 3.49. The lowest BCUT2D eigenvalue weighted by Crippen LogP contribution is -2.47. The maximum Gasteiger partial charge on any atom is 0.165 e. The average Bonchev–Trinajstić information content (AvgIpc) is 2.79. The van der Waals surface area contributed by atoms with Crippen LogP contribution in [-0.4, -0.2) is 62.7 Å². The van der Waals surface area contributed by atoms with Gasteiger partial charge in [0.15, 0.2) is 5.82 Å². The predicted molar refractivity (Wildman–Crippen MR) is 74.7 cm³/mol. The minimum atomic E-state index is 0.753. The highest BCUT2D eigenvalue weighted by Gasteiger charge is 2.19. The number of hydrogen-bond acceptors (Lipinski definition) is 5. The Morgan fingerprint density at radius 1 is 1.11 bits per heavy atom. The van der Waals surface area contributed by atoms with E-state index in [9.17, 15) is 0 Å². The van der Waals surface area contributed by atoms with Crippen molar-refractivity contribution in [2.24, 2.45) is 5.92 Å². The SMILES string of the molecule is CCCn1nnnc1CN1CCN(CC(C)C)CC1. The first-order chi connectivity index (χ1) is 9.19. The minimum absolute atomic E-state index is 0.753. The zero-order chi connectivity index (χ0) is 13.7. The fourth-order valence-corrected chi connectivity index (χ4v) is 2.57. The molecule has 2 heterocycles. The highest BCUT2D eigenvalue weighted by Crippen LogP contribution is 2.08. The van der Waals surface area contributed by atoms with Gasteiger partial charge in [-0.3, -0.25) is 4.90 Å². The van der Waals surface area contributed by atoms with Crippen LogP contribution in [0.2, 0.25) is 0 Å². The Balaban J connectivity index is 1.80. The van der Waals surface area contributed by atoms with E-state index in [1.165, 1.54) is 6.54 Å². The van der Waals surface area contributed by atoms with Crippen LogP contribution in [0.3, 0.4) is 0 Å². The molecule has 0 aromatic carbocycles. The Labute approximate surface area is 115 Å². The minimum Gasteiger partial charge on any atom is -0.301 e. The number of aromatic nitrogens is 4. The molecule has 19 heavy (non-hydrogen) atoms. The van der Waals surface area contributed by atoms with Gasteiger partial charge in [-0.1, -0.05) is 20.8 Å². The van der Waals surface area contributed by atoms with Crippen LogP contribution in [-0.2, 0) is 13.1 Å². The van der Waals surface area contributed by atoms with E-state index < -0.39 is 0 Å². The molecule has 2 rings (SSSR count). The van der Waals surface area contributed by atoms with Crippen LogP contribution in [0.15, 0.2) is 0 Å². The van der Waals surface area contributed by atoms with Crippen molar-refractivity contribution in [1.29, 1.82) is 0 Å². The molecule has 6 heteroatoms. The van der Waals surface area contributed by atoms with Crippen molar-refractivity contribution in [3.63, 3.8) is 0 Å². The van der Waals surface area contributed by atoms with Crippen molar-refractivity contribution in [1.82, 2.24) is 30.0 Å². The van der Waals surface area contributed by atoms with Crippen LogP contribution in [0, 0.1) is 5.92 Å². The first-order valence-electron chi connectivity index (χ1n) is 7.38. The number of piperazine rings is 1. The Bertz CT molecular complexity index is 367. The second-order valence-corrected chi connectivity index (χ2v) is 5.79. The molecule has 0 saturated carbocycles. The molecule has 1 aliphatic heterocycles. The van der Waals surface area contributed by atoms with Crippen LogP contribution >= 0.6 is 0 Å². The largest absolute Gasteiger partial charge is 0.301 e. The van der Waals surface area contributed by atoms with Gasteiger partial charge in [-0.25, -0.2) is 4.68 Å². The van der Waals surface area contributed by atoms with Crippen LogP contribution in [0.4, 0.5) is 0 Å². The van der Waals surface area contributed by atoms with Gasteiger partial charge in [0.1, 0.15) is 0 Å².